The molecule has 0 saturated carbocycles. The maximum absolute atomic E-state index is 12.6. The minimum Gasteiger partial charge on any atom is -0.459 e. The number of carbonyl (C=O) groups is 1. The Bertz CT molecular complexity index is 1010. The van der Waals surface area contributed by atoms with Crippen LogP contribution in [0.1, 0.15) is 16.4 Å². The van der Waals surface area contributed by atoms with Gasteiger partial charge in [0.1, 0.15) is 11.6 Å². The molecule has 0 bridgehead atoms. The lowest BCUT2D eigenvalue weighted by molar-refractivity contribution is 0.0714. The molecule has 2 aromatic heterocycles. The topological polar surface area (TPSA) is 65.7 Å². The number of furan rings is 1. The highest BCUT2D eigenvalue weighted by molar-refractivity contribution is 7.99. The van der Waals surface area contributed by atoms with E-state index in [-0.39, 0.29) is 5.91 Å². The minimum atomic E-state index is -0.0455. The highest BCUT2D eigenvalue weighted by Crippen LogP contribution is 2.26. The van der Waals surface area contributed by atoms with Crippen LogP contribution < -0.4 is 4.90 Å². The highest BCUT2D eigenvalue weighted by atomic mass is 32.2. The van der Waals surface area contributed by atoms with Crippen molar-refractivity contribution < 1.29 is 9.21 Å². The van der Waals surface area contributed by atoms with Gasteiger partial charge in [-0.2, -0.15) is 11.8 Å². The van der Waals surface area contributed by atoms with E-state index in [9.17, 15) is 4.79 Å². The smallest absolute Gasteiger partial charge is 0.289 e. The predicted molar refractivity (Wildman–Crippen MR) is 119 cm³/mol. The molecule has 3 aromatic rings. The van der Waals surface area contributed by atoms with Gasteiger partial charge >= 0.3 is 0 Å². The summed E-state index contributed by atoms with van der Waals surface area (Å²) in [6.45, 7) is 5.75. The third-order valence-electron chi connectivity index (χ3n) is 5.70. The number of piperazine rings is 1. The molecular weight excluding hydrogens is 398 g/mol. The second-order valence-electron chi connectivity index (χ2n) is 7.63. The molecule has 1 amide bonds. The number of hydrogen-bond donors (Lipinski definition) is 0. The number of carbonyl (C=O) groups excluding carboxylic acids is 1. The molecule has 4 heterocycles. The fraction of sp³-hybridized carbons (Fsp3) is 0.409. The Kier molecular flexibility index (Phi) is 5.59. The normalized spacial score (nSPS) is 18.1. The molecule has 8 heteroatoms. The first kappa shape index (κ1) is 19.4. The molecule has 0 radical (unpaired) electrons. The zero-order valence-corrected chi connectivity index (χ0v) is 17.7. The molecule has 30 heavy (non-hydrogen) atoms. The van der Waals surface area contributed by atoms with Crippen LogP contribution in [0.25, 0.3) is 10.9 Å². The van der Waals surface area contributed by atoms with Gasteiger partial charge in [0.25, 0.3) is 5.91 Å². The first-order valence-corrected chi connectivity index (χ1v) is 11.6. The van der Waals surface area contributed by atoms with Crippen LogP contribution in [0.4, 0.5) is 5.82 Å². The van der Waals surface area contributed by atoms with Crippen molar-refractivity contribution in [3.63, 3.8) is 0 Å². The Morgan fingerprint density at radius 3 is 2.53 bits per heavy atom. The summed E-state index contributed by atoms with van der Waals surface area (Å²) in [5.74, 6) is 4.56. The molecule has 0 unspecified atom stereocenters. The maximum atomic E-state index is 12.6. The lowest BCUT2D eigenvalue weighted by atomic mass is 10.2. The van der Waals surface area contributed by atoms with E-state index in [1.54, 1.807) is 18.4 Å². The number of rotatable bonds is 4. The summed E-state index contributed by atoms with van der Waals surface area (Å²) in [4.78, 5) is 29.0. The fourth-order valence-electron chi connectivity index (χ4n) is 4.06. The van der Waals surface area contributed by atoms with Gasteiger partial charge in [0.2, 0.25) is 0 Å². The van der Waals surface area contributed by atoms with Crippen LogP contribution in [0.3, 0.4) is 0 Å². The number of aromatic nitrogens is 2. The molecule has 0 atom stereocenters. The van der Waals surface area contributed by atoms with E-state index in [4.69, 9.17) is 14.4 Å². The maximum Gasteiger partial charge on any atom is 0.289 e. The van der Waals surface area contributed by atoms with E-state index in [0.717, 1.165) is 55.3 Å². The lowest BCUT2D eigenvalue weighted by Crippen LogP contribution is -2.49. The van der Waals surface area contributed by atoms with Crippen molar-refractivity contribution in [1.29, 1.82) is 0 Å². The van der Waals surface area contributed by atoms with E-state index in [1.165, 1.54) is 11.5 Å². The van der Waals surface area contributed by atoms with Crippen LogP contribution in [0, 0.1) is 0 Å². The summed E-state index contributed by atoms with van der Waals surface area (Å²) in [6, 6.07) is 11.7. The van der Waals surface area contributed by atoms with Gasteiger partial charge in [-0.15, -0.1) is 0 Å². The molecule has 5 rings (SSSR count). The molecule has 2 aliphatic rings. The van der Waals surface area contributed by atoms with Crippen molar-refractivity contribution in [3.8, 4) is 0 Å². The van der Waals surface area contributed by atoms with Gasteiger partial charge in [0.05, 0.1) is 18.3 Å². The van der Waals surface area contributed by atoms with E-state index in [0.29, 0.717) is 18.8 Å². The number of amides is 1. The van der Waals surface area contributed by atoms with Crippen LogP contribution in [-0.4, -0.2) is 76.4 Å². The third-order valence-corrected chi connectivity index (χ3v) is 6.64. The Balaban J connectivity index is 1.36. The quantitative estimate of drug-likeness (QED) is 0.639. The Labute approximate surface area is 180 Å². The van der Waals surface area contributed by atoms with Gasteiger partial charge in [-0.25, -0.2) is 9.97 Å². The fourth-order valence-corrected chi connectivity index (χ4v) is 5.03. The summed E-state index contributed by atoms with van der Waals surface area (Å²) in [5, 5.41) is 1.07. The van der Waals surface area contributed by atoms with E-state index in [1.807, 2.05) is 28.8 Å². The Hall–Kier alpha value is -2.58. The van der Waals surface area contributed by atoms with E-state index in [2.05, 4.69) is 21.9 Å². The van der Waals surface area contributed by atoms with Gasteiger partial charge in [-0.05, 0) is 24.3 Å². The summed E-state index contributed by atoms with van der Waals surface area (Å²) < 4.78 is 5.27. The number of anilines is 1. The molecule has 0 spiro atoms. The van der Waals surface area contributed by atoms with Crippen molar-refractivity contribution in [3.05, 3.63) is 54.2 Å². The largest absolute Gasteiger partial charge is 0.459 e. The average Bonchev–Trinajstić information content (AvgIpc) is 3.34. The van der Waals surface area contributed by atoms with Gasteiger partial charge < -0.3 is 14.2 Å². The molecular formula is C22H25N5O2S. The van der Waals surface area contributed by atoms with Gasteiger partial charge in [-0.3, -0.25) is 9.69 Å². The molecule has 2 saturated heterocycles. The third kappa shape index (κ3) is 4.02. The molecule has 1 aromatic carbocycles. The van der Waals surface area contributed by atoms with Crippen molar-refractivity contribution in [2.45, 2.75) is 6.54 Å². The zero-order chi connectivity index (χ0) is 20.3. The Morgan fingerprint density at radius 2 is 1.77 bits per heavy atom. The summed E-state index contributed by atoms with van der Waals surface area (Å²) in [6.07, 6.45) is 1.54. The molecule has 2 fully saturated rings. The summed E-state index contributed by atoms with van der Waals surface area (Å²) >= 11 is 2.01. The van der Waals surface area contributed by atoms with E-state index < -0.39 is 0 Å². The number of para-hydroxylation sites is 1. The summed E-state index contributed by atoms with van der Waals surface area (Å²) in [7, 11) is 0. The minimum absolute atomic E-state index is 0.0455. The van der Waals surface area contributed by atoms with Crippen LogP contribution in [-0.2, 0) is 6.54 Å². The second kappa shape index (κ2) is 8.65. The van der Waals surface area contributed by atoms with Gasteiger partial charge in [0.15, 0.2) is 5.76 Å². The van der Waals surface area contributed by atoms with Crippen LogP contribution >= 0.6 is 11.8 Å². The number of benzene rings is 1. The predicted octanol–water partition coefficient (Wildman–Crippen LogP) is 2.73. The second-order valence-corrected chi connectivity index (χ2v) is 8.85. The molecule has 2 aliphatic heterocycles. The SMILES string of the molecule is O=C(c1ccco1)N1CCN(c2nc(CN3CCSCC3)nc3ccccc23)CC1. The van der Waals surface area contributed by atoms with Crippen molar-refractivity contribution in [2.75, 3.05) is 55.7 Å². The Morgan fingerprint density at radius 1 is 0.967 bits per heavy atom. The number of thioether (sulfide) groups is 1. The average molecular weight is 424 g/mol. The molecule has 0 N–H and O–H groups in total. The molecule has 0 aliphatic carbocycles. The van der Waals surface area contributed by atoms with Crippen LogP contribution in [0.5, 0.6) is 0 Å². The zero-order valence-electron chi connectivity index (χ0n) is 16.9. The highest BCUT2D eigenvalue weighted by Gasteiger charge is 2.26. The van der Waals surface area contributed by atoms with Gasteiger partial charge in [0, 0.05) is 56.2 Å². The first-order valence-electron chi connectivity index (χ1n) is 10.4. The summed E-state index contributed by atoms with van der Waals surface area (Å²) in [5.41, 5.74) is 0.984. The molecule has 7 nitrogen and oxygen atoms in total. The first-order chi connectivity index (χ1) is 14.8. The van der Waals surface area contributed by atoms with Gasteiger partial charge in [-0.1, -0.05) is 12.1 Å². The standard InChI is InChI=1S/C22H25N5O2S/c28-22(19-6-3-13-29-19)27-9-7-26(8-10-27)21-17-4-1-2-5-18(17)23-20(24-21)16-25-11-14-30-15-12-25/h1-6,13H,7-12,14-16H2. The number of nitrogens with zero attached hydrogens (tertiary/aromatic N) is 5. The van der Waals surface area contributed by atoms with Crippen LogP contribution in [0.2, 0.25) is 0 Å². The monoisotopic (exact) mass is 423 g/mol. The van der Waals surface area contributed by atoms with Crippen molar-refractivity contribution in [2.24, 2.45) is 0 Å². The lowest BCUT2D eigenvalue weighted by Gasteiger charge is -2.35. The number of fused-ring (bicyclic) bond motifs is 1. The van der Waals surface area contributed by atoms with Crippen LogP contribution in [0.15, 0.2) is 47.1 Å². The number of hydrogen-bond acceptors (Lipinski definition) is 7. The molecule has 156 valence electrons. The van der Waals surface area contributed by atoms with Crippen molar-refractivity contribution >= 4 is 34.4 Å². The van der Waals surface area contributed by atoms with Crippen molar-refractivity contribution in [1.82, 2.24) is 19.8 Å². The van der Waals surface area contributed by atoms with E-state index >= 15 is 0 Å².